The summed E-state index contributed by atoms with van der Waals surface area (Å²) < 4.78 is 0. The molecule has 5 heteroatoms. The Morgan fingerprint density at radius 1 is 1.41 bits per heavy atom. The average molecular weight is 237 g/mol. The van der Waals surface area contributed by atoms with E-state index in [1.807, 2.05) is 40.9 Å². The third kappa shape index (κ3) is 4.56. The minimum atomic E-state index is -0.151. The molecule has 1 heterocycles. The molecule has 17 heavy (non-hydrogen) atoms. The van der Waals surface area contributed by atoms with E-state index < -0.39 is 0 Å². The van der Waals surface area contributed by atoms with Gasteiger partial charge in [-0.3, -0.25) is 0 Å². The first-order valence-electron chi connectivity index (χ1n) is 5.85. The molecule has 0 fully saturated rings. The molecule has 0 amide bonds. The van der Waals surface area contributed by atoms with E-state index in [2.05, 4.69) is 20.2 Å². The number of aryl methyl sites for hydroxylation is 1. The Morgan fingerprint density at radius 2 is 2.06 bits per heavy atom. The lowest BCUT2D eigenvalue weighted by atomic mass is 10.0. The molecule has 0 bridgehead atoms. The molecule has 0 aliphatic rings. The highest BCUT2D eigenvalue weighted by atomic mass is 15.2. The summed E-state index contributed by atoms with van der Waals surface area (Å²) in [5.74, 6) is 2.53. The Morgan fingerprint density at radius 3 is 2.59 bits per heavy atom. The van der Waals surface area contributed by atoms with Gasteiger partial charge >= 0.3 is 0 Å². The van der Waals surface area contributed by atoms with Crippen LogP contribution in [0.2, 0.25) is 0 Å². The SMILES string of the molecule is CNc1cc(N(C)CCC(C)(C)N)nc(C)n1. The topological polar surface area (TPSA) is 67.1 Å². The highest BCUT2D eigenvalue weighted by molar-refractivity contribution is 5.48. The summed E-state index contributed by atoms with van der Waals surface area (Å²) in [4.78, 5) is 10.8. The first-order valence-corrected chi connectivity index (χ1v) is 5.85. The summed E-state index contributed by atoms with van der Waals surface area (Å²) in [6, 6.07) is 1.94. The van der Waals surface area contributed by atoms with Gasteiger partial charge in [-0.1, -0.05) is 0 Å². The monoisotopic (exact) mass is 237 g/mol. The van der Waals surface area contributed by atoms with Crippen molar-refractivity contribution >= 4 is 11.6 Å². The molecule has 0 atom stereocenters. The molecular formula is C12H23N5. The van der Waals surface area contributed by atoms with Crippen molar-refractivity contribution < 1.29 is 0 Å². The lowest BCUT2D eigenvalue weighted by molar-refractivity contribution is 0.478. The van der Waals surface area contributed by atoms with Crippen LogP contribution in [-0.4, -0.2) is 36.1 Å². The zero-order chi connectivity index (χ0) is 13.1. The Kier molecular flexibility index (Phi) is 4.28. The molecule has 5 nitrogen and oxygen atoms in total. The Bertz CT molecular complexity index is 370. The van der Waals surface area contributed by atoms with Crippen LogP contribution in [0.5, 0.6) is 0 Å². The Hall–Kier alpha value is -1.36. The number of aromatic nitrogens is 2. The molecule has 0 radical (unpaired) electrons. The van der Waals surface area contributed by atoms with E-state index in [9.17, 15) is 0 Å². The lowest BCUT2D eigenvalue weighted by Crippen LogP contribution is -2.36. The van der Waals surface area contributed by atoms with Gasteiger partial charge in [-0.25, -0.2) is 9.97 Å². The Balaban J connectivity index is 2.74. The van der Waals surface area contributed by atoms with Crippen LogP contribution >= 0.6 is 0 Å². The number of hydrogen-bond acceptors (Lipinski definition) is 5. The van der Waals surface area contributed by atoms with Gasteiger partial charge in [-0.2, -0.15) is 0 Å². The minimum Gasteiger partial charge on any atom is -0.373 e. The van der Waals surface area contributed by atoms with Crippen LogP contribution < -0.4 is 16.0 Å². The molecule has 0 aliphatic carbocycles. The number of nitrogens with zero attached hydrogens (tertiary/aromatic N) is 3. The zero-order valence-electron chi connectivity index (χ0n) is 11.4. The van der Waals surface area contributed by atoms with E-state index in [-0.39, 0.29) is 5.54 Å². The smallest absolute Gasteiger partial charge is 0.134 e. The molecule has 0 saturated carbocycles. The summed E-state index contributed by atoms with van der Waals surface area (Å²) in [7, 11) is 3.88. The fourth-order valence-electron chi connectivity index (χ4n) is 1.45. The summed E-state index contributed by atoms with van der Waals surface area (Å²) in [5.41, 5.74) is 5.83. The summed E-state index contributed by atoms with van der Waals surface area (Å²) in [6.45, 7) is 6.84. The van der Waals surface area contributed by atoms with Crippen molar-refractivity contribution in [1.29, 1.82) is 0 Å². The van der Waals surface area contributed by atoms with Crippen molar-refractivity contribution in [2.75, 3.05) is 30.9 Å². The van der Waals surface area contributed by atoms with Crippen LogP contribution in [0.3, 0.4) is 0 Å². The van der Waals surface area contributed by atoms with Gasteiger partial charge in [0.25, 0.3) is 0 Å². The van der Waals surface area contributed by atoms with Crippen LogP contribution in [0.15, 0.2) is 6.07 Å². The molecule has 1 aromatic heterocycles. The molecular weight excluding hydrogens is 214 g/mol. The predicted octanol–water partition coefficient (Wildman–Crippen LogP) is 1.39. The van der Waals surface area contributed by atoms with Crippen LogP contribution in [0.1, 0.15) is 26.1 Å². The van der Waals surface area contributed by atoms with Gasteiger partial charge in [0, 0.05) is 32.2 Å². The molecule has 1 aromatic rings. The second-order valence-corrected chi connectivity index (χ2v) is 5.07. The van der Waals surface area contributed by atoms with Gasteiger partial charge in [-0.15, -0.1) is 0 Å². The predicted molar refractivity (Wildman–Crippen MR) is 72.5 cm³/mol. The third-order valence-corrected chi connectivity index (χ3v) is 2.56. The number of nitrogens with two attached hydrogens (primary N) is 1. The van der Waals surface area contributed by atoms with E-state index in [1.165, 1.54) is 0 Å². The lowest BCUT2D eigenvalue weighted by Gasteiger charge is -2.24. The summed E-state index contributed by atoms with van der Waals surface area (Å²) in [5, 5.41) is 3.03. The van der Waals surface area contributed by atoms with Crippen molar-refractivity contribution in [2.24, 2.45) is 5.73 Å². The number of anilines is 2. The van der Waals surface area contributed by atoms with E-state index in [1.54, 1.807) is 0 Å². The van der Waals surface area contributed by atoms with Crippen LogP contribution in [-0.2, 0) is 0 Å². The summed E-state index contributed by atoms with van der Waals surface area (Å²) >= 11 is 0. The van der Waals surface area contributed by atoms with Crippen molar-refractivity contribution in [1.82, 2.24) is 9.97 Å². The second kappa shape index (κ2) is 5.31. The van der Waals surface area contributed by atoms with E-state index in [0.717, 1.165) is 30.4 Å². The molecule has 3 N–H and O–H groups in total. The molecule has 1 rings (SSSR count). The van der Waals surface area contributed by atoms with Gasteiger partial charge in [-0.05, 0) is 27.2 Å². The van der Waals surface area contributed by atoms with Gasteiger partial charge < -0.3 is 16.0 Å². The molecule has 0 saturated heterocycles. The van der Waals surface area contributed by atoms with Crippen molar-refractivity contribution in [3.8, 4) is 0 Å². The van der Waals surface area contributed by atoms with Crippen LogP contribution in [0.25, 0.3) is 0 Å². The number of nitrogens with one attached hydrogen (secondary N) is 1. The highest BCUT2D eigenvalue weighted by Crippen LogP contribution is 2.15. The van der Waals surface area contributed by atoms with Gasteiger partial charge in [0.1, 0.15) is 17.5 Å². The average Bonchev–Trinajstić information content (AvgIpc) is 2.23. The van der Waals surface area contributed by atoms with Gasteiger partial charge in [0.2, 0.25) is 0 Å². The minimum absolute atomic E-state index is 0.151. The maximum atomic E-state index is 5.98. The van der Waals surface area contributed by atoms with Crippen molar-refractivity contribution in [3.05, 3.63) is 11.9 Å². The van der Waals surface area contributed by atoms with Crippen molar-refractivity contribution in [3.63, 3.8) is 0 Å². The first-order chi connectivity index (χ1) is 7.81. The summed E-state index contributed by atoms with van der Waals surface area (Å²) in [6.07, 6.45) is 0.918. The maximum Gasteiger partial charge on any atom is 0.134 e. The number of hydrogen-bond donors (Lipinski definition) is 2. The van der Waals surface area contributed by atoms with E-state index in [0.29, 0.717) is 0 Å². The fourth-order valence-corrected chi connectivity index (χ4v) is 1.45. The van der Waals surface area contributed by atoms with E-state index in [4.69, 9.17) is 5.73 Å². The number of rotatable bonds is 5. The standard InChI is InChI=1S/C12H23N5/c1-9-15-10(14-4)8-11(16-9)17(5)7-6-12(2,3)13/h8H,6-7,13H2,1-5H3,(H,14,15,16). The second-order valence-electron chi connectivity index (χ2n) is 5.07. The molecule has 96 valence electrons. The molecule has 0 unspecified atom stereocenters. The first kappa shape index (κ1) is 13.7. The highest BCUT2D eigenvalue weighted by Gasteiger charge is 2.13. The van der Waals surface area contributed by atoms with Crippen LogP contribution in [0.4, 0.5) is 11.6 Å². The van der Waals surface area contributed by atoms with Gasteiger partial charge in [0.05, 0.1) is 0 Å². The van der Waals surface area contributed by atoms with Gasteiger partial charge in [0.15, 0.2) is 0 Å². The van der Waals surface area contributed by atoms with Crippen molar-refractivity contribution in [2.45, 2.75) is 32.7 Å². The third-order valence-electron chi connectivity index (χ3n) is 2.56. The molecule has 0 aromatic carbocycles. The molecule has 0 spiro atoms. The maximum absolute atomic E-state index is 5.98. The van der Waals surface area contributed by atoms with Crippen LogP contribution in [0, 0.1) is 6.92 Å². The molecule has 0 aliphatic heterocycles. The van der Waals surface area contributed by atoms with E-state index >= 15 is 0 Å². The largest absolute Gasteiger partial charge is 0.373 e. The quantitative estimate of drug-likeness (QED) is 0.810. The Labute approximate surface area is 103 Å². The zero-order valence-corrected chi connectivity index (χ0v) is 11.4. The normalized spacial score (nSPS) is 11.4. The fraction of sp³-hybridized carbons (Fsp3) is 0.667.